The van der Waals surface area contributed by atoms with Crippen molar-refractivity contribution in [2.24, 2.45) is 0 Å². The minimum Gasteiger partial charge on any atom is -0.497 e. The van der Waals surface area contributed by atoms with E-state index in [4.69, 9.17) is 9.47 Å². The standard InChI is InChI=1S/C14H21NO2/c1-16-12-9-7-11(8-10-12)15-13-5-3-4-6-14(13)17-2/h7-10,13-15H,3-6H2,1-2H3. The third-order valence-electron chi connectivity index (χ3n) is 3.45. The third-order valence-corrected chi connectivity index (χ3v) is 3.45. The summed E-state index contributed by atoms with van der Waals surface area (Å²) in [6, 6.07) is 8.50. The van der Waals surface area contributed by atoms with E-state index in [2.05, 4.69) is 17.4 Å². The van der Waals surface area contributed by atoms with Gasteiger partial charge in [-0.3, -0.25) is 0 Å². The molecule has 1 N–H and O–H groups in total. The topological polar surface area (TPSA) is 30.5 Å². The number of anilines is 1. The normalized spacial score (nSPS) is 24.4. The summed E-state index contributed by atoms with van der Waals surface area (Å²) >= 11 is 0. The molecule has 0 saturated heterocycles. The van der Waals surface area contributed by atoms with E-state index in [1.54, 1.807) is 14.2 Å². The van der Waals surface area contributed by atoms with Gasteiger partial charge in [0.25, 0.3) is 0 Å². The number of methoxy groups -OCH3 is 2. The van der Waals surface area contributed by atoms with Crippen LogP contribution in [0.15, 0.2) is 24.3 Å². The fraction of sp³-hybridized carbons (Fsp3) is 0.571. The van der Waals surface area contributed by atoms with Gasteiger partial charge in [-0.2, -0.15) is 0 Å². The van der Waals surface area contributed by atoms with Gasteiger partial charge < -0.3 is 14.8 Å². The molecule has 0 heterocycles. The highest BCUT2D eigenvalue weighted by molar-refractivity contribution is 5.47. The lowest BCUT2D eigenvalue weighted by molar-refractivity contribution is 0.0606. The predicted molar refractivity (Wildman–Crippen MR) is 69.7 cm³/mol. The summed E-state index contributed by atoms with van der Waals surface area (Å²) in [5, 5.41) is 3.55. The molecule has 2 unspecified atom stereocenters. The van der Waals surface area contributed by atoms with Crippen molar-refractivity contribution in [3.8, 4) is 5.75 Å². The van der Waals surface area contributed by atoms with E-state index in [-0.39, 0.29) is 0 Å². The summed E-state index contributed by atoms with van der Waals surface area (Å²) in [6.45, 7) is 0. The molecule has 3 heteroatoms. The maximum Gasteiger partial charge on any atom is 0.119 e. The fourth-order valence-corrected chi connectivity index (χ4v) is 2.45. The lowest BCUT2D eigenvalue weighted by Gasteiger charge is -2.31. The molecule has 1 aromatic carbocycles. The van der Waals surface area contributed by atoms with Crippen molar-refractivity contribution in [1.82, 2.24) is 0 Å². The zero-order valence-electron chi connectivity index (χ0n) is 10.6. The molecule has 0 aromatic heterocycles. The van der Waals surface area contributed by atoms with Crippen LogP contribution < -0.4 is 10.1 Å². The maximum atomic E-state index is 5.53. The molecule has 0 spiro atoms. The first-order valence-corrected chi connectivity index (χ1v) is 6.27. The molecule has 0 radical (unpaired) electrons. The van der Waals surface area contributed by atoms with Crippen LogP contribution in [0.5, 0.6) is 5.75 Å². The van der Waals surface area contributed by atoms with Crippen LogP contribution in [0.1, 0.15) is 25.7 Å². The highest BCUT2D eigenvalue weighted by Crippen LogP contribution is 2.25. The van der Waals surface area contributed by atoms with Crippen molar-refractivity contribution < 1.29 is 9.47 Å². The Balaban J connectivity index is 1.98. The zero-order valence-corrected chi connectivity index (χ0v) is 10.6. The lowest BCUT2D eigenvalue weighted by atomic mass is 9.92. The number of hydrogen-bond donors (Lipinski definition) is 1. The van der Waals surface area contributed by atoms with E-state index >= 15 is 0 Å². The summed E-state index contributed by atoms with van der Waals surface area (Å²) in [4.78, 5) is 0. The minimum atomic E-state index is 0.339. The monoisotopic (exact) mass is 235 g/mol. The molecule has 3 nitrogen and oxygen atoms in total. The Morgan fingerprint density at radius 2 is 1.76 bits per heavy atom. The molecule has 1 saturated carbocycles. The van der Waals surface area contributed by atoms with Gasteiger partial charge in [0.1, 0.15) is 5.75 Å². The van der Waals surface area contributed by atoms with E-state index in [9.17, 15) is 0 Å². The average Bonchev–Trinajstić information content (AvgIpc) is 2.40. The number of nitrogens with one attached hydrogen (secondary N) is 1. The molecular weight excluding hydrogens is 214 g/mol. The van der Waals surface area contributed by atoms with Gasteiger partial charge in [0.15, 0.2) is 0 Å². The van der Waals surface area contributed by atoms with E-state index < -0.39 is 0 Å². The number of rotatable bonds is 4. The number of ether oxygens (including phenoxy) is 2. The quantitative estimate of drug-likeness (QED) is 0.870. The summed E-state index contributed by atoms with van der Waals surface area (Å²) in [7, 11) is 3.49. The Morgan fingerprint density at radius 3 is 2.41 bits per heavy atom. The molecular formula is C14H21NO2. The smallest absolute Gasteiger partial charge is 0.119 e. The van der Waals surface area contributed by atoms with Crippen LogP contribution in [0, 0.1) is 0 Å². The van der Waals surface area contributed by atoms with Gasteiger partial charge in [0.2, 0.25) is 0 Å². The van der Waals surface area contributed by atoms with E-state index in [1.165, 1.54) is 19.3 Å². The summed E-state index contributed by atoms with van der Waals surface area (Å²) in [5.41, 5.74) is 1.14. The molecule has 2 atom stereocenters. The first kappa shape index (κ1) is 12.2. The molecule has 0 bridgehead atoms. The Bertz CT molecular complexity index is 337. The first-order chi connectivity index (χ1) is 8.33. The van der Waals surface area contributed by atoms with Gasteiger partial charge in [-0.25, -0.2) is 0 Å². The number of hydrogen-bond acceptors (Lipinski definition) is 3. The lowest BCUT2D eigenvalue weighted by Crippen LogP contribution is -2.37. The highest BCUT2D eigenvalue weighted by atomic mass is 16.5. The molecule has 1 aliphatic carbocycles. The van der Waals surface area contributed by atoms with Gasteiger partial charge in [-0.1, -0.05) is 12.8 Å². The van der Waals surface area contributed by atoms with Crippen molar-refractivity contribution >= 4 is 5.69 Å². The van der Waals surface area contributed by atoms with Crippen LogP contribution in [0.3, 0.4) is 0 Å². The highest BCUT2D eigenvalue weighted by Gasteiger charge is 2.24. The molecule has 1 fully saturated rings. The summed E-state index contributed by atoms with van der Waals surface area (Å²) < 4.78 is 10.7. The Morgan fingerprint density at radius 1 is 1.06 bits per heavy atom. The van der Waals surface area contributed by atoms with Gasteiger partial charge in [0, 0.05) is 12.8 Å². The Labute approximate surface area is 103 Å². The molecule has 94 valence electrons. The molecule has 17 heavy (non-hydrogen) atoms. The molecule has 2 rings (SSSR count). The third kappa shape index (κ3) is 3.13. The van der Waals surface area contributed by atoms with E-state index in [0.29, 0.717) is 12.1 Å². The Hall–Kier alpha value is -1.22. The second-order valence-electron chi connectivity index (χ2n) is 4.54. The van der Waals surface area contributed by atoms with Crippen LogP contribution >= 0.6 is 0 Å². The van der Waals surface area contributed by atoms with Crippen molar-refractivity contribution in [3.05, 3.63) is 24.3 Å². The fourth-order valence-electron chi connectivity index (χ4n) is 2.45. The van der Waals surface area contributed by atoms with Gasteiger partial charge in [-0.15, -0.1) is 0 Å². The SMILES string of the molecule is COc1ccc(NC2CCCCC2OC)cc1. The Kier molecular flexibility index (Phi) is 4.26. The van der Waals surface area contributed by atoms with Crippen molar-refractivity contribution in [2.75, 3.05) is 19.5 Å². The largest absolute Gasteiger partial charge is 0.497 e. The van der Waals surface area contributed by atoms with Crippen LogP contribution in [0.4, 0.5) is 5.69 Å². The molecule has 1 aromatic rings. The zero-order chi connectivity index (χ0) is 12.1. The second kappa shape index (κ2) is 5.92. The molecule has 0 amide bonds. The van der Waals surface area contributed by atoms with Crippen LogP contribution in [-0.4, -0.2) is 26.4 Å². The van der Waals surface area contributed by atoms with Crippen molar-refractivity contribution in [3.63, 3.8) is 0 Å². The number of benzene rings is 1. The first-order valence-electron chi connectivity index (χ1n) is 6.27. The van der Waals surface area contributed by atoms with Gasteiger partial charge in [0.05, 0.1) is 19.3 Å². The molecule has 1 aliphatic rings. The van der Waals surface area contributed by atoms with Crippen LogP contribution in [-0.2, 0) is 4.74 Å². The maximum absolute atomic E-state index is 5.53. The average molecular weight is 235 g/mol. The summed E-state index contributed by atoms with van der Waals surface area (Å²) in [5.74, 6) is 0.891. The van der Waals surface area contributed by atoms with Gasteiger partial charge in [-0.05, 0) is 37.1 Å². The van der Waals surface area contributed by atoms with Crippen molar-refractivity contribution in [2.45, 2.75) is 37.8 Å². The summed E-state index contributed by atoms with van der Waals surface area (Å²) in [6.07, 6.45) is 5.24. The van der Waals surface area contributed by atoms with E-state index in [1.807, 2.05) is 12.1 Å². The minimum absolute atomic E-state index is 0.339. The van der Waals surface area contributed by atoms with Crippen LogP contribution in [0.25, 0.3) is 0 Å². The van der Waals surface area contributed by atoms with Crippen molar-refractivity contribution in [1.29, 1.82) is 0 Å². The predicted octanol–water partition coefficient (Wildman–Crippen LogP) is 3.06. The van der Waals surface area contributed by atoms with E-state index in [0.717, 1.165) is 17.9 Å². The van der Waals surface area contributed by atoms with Gasteiger partial charge >= 0.3 is 0 Å². The second-order valence-corrected chi connectivity index (χ2v) is 4.54. The molecule has 0 aliphatic heterocycles. The van der Waals surface area contributed by atoms with Crippen LogP contribution in [0.2, 0.25) is 0 Å².